The number of nitrogens with one attached hydrogen (secondary N) is 1. The Hall–Kier alpha value is -0.540. The van der Waals surface area contributed by atoms with E-state index in [-0.39, 0.29) is 0 Å². The van der Waals surface area contributed by atoms with E-state index in [0.717, 1.165) is 16.8 Å². The number of aryl methyl sites for hydroxylation is 1. The average Bonchev–Trinajstić information content (AvgIpc) is 2.23. The average molecular weight is 286 g/mol. The lowest BCUT2D eigenvalue weighted by molar-refractivity contribution is 0.314. The van der Waals surface area contributed by atoms with Crippen molar-refractivity contribution in [1.29, 1.82) is 0 Å². The molecule has 0 unspecified atom stereocenters. The molecule has 0 fully saturated rings. The Kier molecular flexibility index (Phi) is 5.29. The molecule has 0 aromatic heterocycles. The summed E-state index contributed by atoms with van der Waals surface area (Å²) < 4.78 is 6.94. The lowest BCUT2D eigenvalue weighted by Crippen LogP contribution is -2.16. The van der Waals surface area contributed by atoms with Gasteiger partial charge in [-0.25, -0.2) is 0 Å². The van der Waals surface area contributed by atoms with E-state index in [9.17, 15) is 0 Å². The van der Waals surface area contributed by atoms with E-state index in [1.165, 1.54) is 11.1 Å². The van der Waals surface area contributed by atoms with Crippen LogP contribution in [0.5, 0.6) is 5.75 Å². The molecule has 2 nitrogen and oxygen atoms in total. The standard InChI is InChI=1S/C13H20BrNO/c1-9(2)11-8-12(14)10(3)7-13(11)16-6-5-15-4/h7-9,15H,5-6H2,1-4H3. The summed E-state index contributed by atoms with van der Waals surface area (Å²) >= 11 is 3.56. The van der Waals surface area contributed by atoms with Gasteiger partial charge in [0.05, 0.1) is 0 Å². The van der Waals surface area contributed by atoms with Crippen molar-refractivity contribution in [1.82, 2.24) is 5.32 Å². The predicted octanol–water partition coefficient (Wildman–Crippen LogP) is 3.48. The van der Waals surface area contributed by atoms with Crippen molar-refractivity contribution in [2.75, 3.05) is 20.2 Å². The molecule has 0 radical (unpaired) electrons. The summed E-state index contributed by atoms with van der Waals surface area (Å²) in [7, 11) is 1.93. The van der Waals surface area contributed by atoms with Gasteiger partial charge in [-0.2, -0.15) is 0 Å². The summed E-state index contributed by atoms with van der Waals surface area (Å²) in [5, 5.41) is 3.08. The van der Waals surface area contributed by atoms with Gasteiger partial charge in [0.1, 0.15) is 12.4 Å². The van der Waals surface area contributed by atoms with E-state index < -0.39 is 0 Å². The maximum atomic E-state index is 5.79. The number of ether oxygens (including phenoxy) is 1. The first-order chi connectivity index (χ1) is 7.56. The van der Waals surface area contributed by atoms with Crippen LogP contribution in [0.15, 0.2) is 16.6 Å². The number of benzene rings is 1. The van der Waals surface area contributed by atoms with Gasteiger partial charge in [0.2, 0.25) is 0 Å². The zero-order valence-corrected chi connectivity index (χ0v) is 12.0. The number of hydrogen-bond acceptors (Lipinski definition) is 2. The van der Waals surface area contributed by atoms with Crippen LogP contribution in [0.4, 0.5) is 0 Å². The van der Waals surface area contributed by atoms with Crippen molar-refractivity contribution in [3.8, 4) is 5.75 Å². The van der Waals surface area contributed by atoms with Crippen LogP contribution in [0.3, 0.4) is 0 Å². The van der Waals surface area contributed by atoms with Crippen molar-refractivity contribution in [2.24, 2.45) is 0 Å². The van der Waals surface area contributed by atoms with E-state index in [1.54, 1.807) is 0 Å². The van der Waals surface area contributed by atoms with Gasteiger partial charge in [-0.05, 0) is 43.1 Å². The van der Waals surface area contributed by atoms with Crippen LogP contribution in [0.2, 0.25) is 0 Å². The minimum Gasteiger partial charge on any atom is -0.492 e. The fourth-order valence-electron chi connectivity index (χ4n) is 1.51. The fraction of sp³-hybridized carbons (Fsp3) is 0.538. The van der Waals surface area contributed by atoms with Crippen LogP contribution in [0.25, 0.3) is 0 Å². The molecule has 1 aromatic carbocycles. The van der Waals surface area contributed by atoms with E-state index in [2.05, 4.69) is 54.2 Å². The Morgan fingerprint density at radius 1 is 1.38 bits per heavy atom. The van der Waals surface area contributed by atoms with Crippen LogP contribution in [0.1, 0.15) is 30.9 Å². The Labute approximate surface area is 107 Å². The zero-order chi connectivity index (χ0) is 12.1. The van der Waals surface area contributed by atoms with E-state index in [0.29, 0.717) is 12.5 Å². The molecule has 0 atom stereocenters. The monoisotopic (exact) mass is 285 g/mol. The van der Waals surface area contributed by atoms with Gasteiger partial charge >= 0.3 is 0 Å². The molecule has 0 bridgehead atoms. The molecular formula is C13H20BrNO. The highest BCUT2D eigenvalue weighted by Crippen LogP contribution is 2.32. The summed E-state index contributed by atoms with van der Waals surface area (Å²) in [4.78, 5) is 0. The SMILES string of the molecule is CNCCOc1cc(C)c(Br)cc1C(C)C. The lowest BCUT2D eigenvalue weighted by Gasteiger charge is -2.16. The quantitative estimate of drug-likeness (QED) is 0.837. The maximum Gasteiger partial charge on any atom is 0.123 e. The maximum absolute atomic E-state index is 5.79. The minimum atomic E-state index is 0.474. The topological polar surface area (TPSA) is 21.3 Å². The third kappa shape index (κ3) is 3.49. The normalized spacial score (nSPS) is 10.9. The molecule has 1 aromatic rings. The highest BCUT2D eigenvalue weighted by atomic mass is 79.9. The first-order valence-corrected chi connectivity index (χ1v) is 6.43. The lowest BCUT2D eigenvalue weighted by atomic mass is 10.0. The highest BCUT2D eigenvalue weighted by Gasteiger charge is 2.10. The molecule has 90 valence electrons. The molecule has 0 heterocycles. The highest BCUT2D eigenvalue weighted by molar-refractivity contribution is 9.10. The van der Waals surface area contributed by atoms with E-state index in [1.807, 2.05) is 7.05 Å². The molecular weight excluding hydrogens is 266 g/mol. The number of halogens is 1. The van der Waals surface area contributed by atoms with Gasteiger partial charge in [0.25, 0.3) is 0 Å². The molecule has 0 aliphatic carbocycles. The Morgan fingerprint density at radius 2 is 2.06 bits per heavy atom. The Bertz CT molecular complexity index is 350. The van der Waals surface area contributed by atoms with Crippen LogP contribution in [-0.4, -0.2) is 20.2 Å². The number of likely N-dealkylation sites (N-methyl/N-ethyl adjacent to an activating group) is 1. The largest absolute Gasteiger partial charge is 0.492 e. The molecule has 3 heteroatoms. The minimum absolute atomic E-state index is 0.474. The van der Waals surface area contributed by atoms with Crippen LogP contribution in [0, 0.1) is 6.92 Å². The molecule has 0 aliphatic heterocycles. The van der Waals surface area contributed by atoms with Gasteiger partial charge < -0.3 is 10.1 Å². The van der Waals surface area contributed by atoms with Crippen molar-refractivity contribution in [2.45, 2.75) is 26.7 Å². The summed E-state index contributed by atoms with van der Waals surface area (Å²) in [6.45, 7) is 8.02. The second-order valence-electron chi connectivity index (χ2n) is 4.25. The molecule has 0 aliphatic rings. The van der Waals surface area contributed by atoms with Gasteiger partial charge in [0, 0.05) is 11.0 Å². The summed E-state index contributed by atoms with van der Waals surface area (Å²) in [5.74, 6) is 1.48. The second-order valence-corrected chi connectivity index (χ2v) is 5.10. The molecule has 16 heavy (non-hydrogen) atoms. The predicted molar refractivity (Wildman–Crippen MR) is 72.4 cm³/mol. The van der Waals surface area contributed by atoms with Crippen molar-refractivity contribution < 1.29 is 4.74 Å². The van der Waals surface area contributed by atoms with Crippen LogP contribution in [-0.2, 0) is 0 Å². The number of rotatable bonds is 5. The molecule has 0 saturated heterocycles. The van der Waals surface area contributed by atoms with E-state index in [4.69, 9.17) is 4.74 Å². The van der Waals surface area contributed by atoms with E-state index >= 15 is 0 Å². The Morgan fingerprint density at radius 3 is 2.62 bits per heavy atom. The molecule has 0 saturated carbocycles. The van der Waals surface area contributed by atoms with Gasteiger partial charge in [-0.15, -0.1) is 0 Å². The summed E-state index contributed by atoms with van der Waals surface area (Å²) in [6.07, 6.45) is 0. The van der Waals surface area contributed by atoms with Gasteiger partial charge in [-0.1, -0.05) is 29.8 Å². The molecule has 0 spiro atoms. The van der Waals surface area contributed by atoms with Crippen LogP contribution >= 0.6 is 15.9 Å². The van der Waals surface area contributed by atoms with Crippen molar-refractivity contribution in [3.63, 3.8) is 0 Å². The first-order valence-electron chi connectivity index (χ1n) is 5.63. The fourth-order valence-corrected chi connectivity index (χ4v) is 1.87. The molecule has 1 N–H and O–H groups in total. The number of hydrogen-bond donors (Lipinski definition) is 1. The zero-order valence-electron chi connectivity index (χ0n) is 10.4. The summed E-state index contributed by atoms with van der Waals surface area (Å²) in [5.41, 5.74) is 2.47. The van der Waals surface area contributed by atoms with Crippen molar-refractivity contribution in [3.05, 3.63) is 27.7 Å². The third-order valence-electron chi connectivity index (χ3n) is 2.52. The third-order valence-corrected chi connectivity index (χ3v) is 3.38. The van der Waals surface area contributed by atoms with Crippen LogP contribution < -0.4 is 10.1 Å². The summed E-state index contributed by atoms with van der Waals surface area (Å²) in [6, 6.07) is 4.27. The van der Waals surface area contributed by atoms with Gasteiger partial charge in [-0.3, -0.25) is 0 Å². The van der Waals surface area contributed by atoms with Crippen molar-refractivity contribution >= 4 is 15.9 Å². The smallest absolute Gasteiger partial charge is 0.123 e. The molecule has 1 rings (SSSR count). The van der Waals surface area contributed by atoms with Gasteiger partial charge in [0.15, 0.2) is 0 Å². The molecule has 0 amide bonds. The first kappa shape index (κ1) is 13.5. The second kappa shape index (κ2) is 6.26. The Balaban J connectivity index is 2.91.